The third-order valence-electron chi connectivity index (χ3n) is 4.85. The molecule has 1 N–H and O–H groups in total. The number of carbonyl (C=O) groups excluding carboxylic acids is 1. The summed E-state index contributed by atoms with van der Waals surface area (Å²) in [5, 5.41) is 14.6. The number of nitrogens with one attached hydrogen (secondary N) is 1. The van der Waals surface area contributed by atoms with Gasteiger partial charge in [0.15, 0.2) is 0 Å². The van der Waals surface area contributed by atoms with Gasteiger partial charge in [-0.25, -0.2) is 0 Å². The molecule has 0 spiro atoms. The summed E-state index contributed by atoms with van der Waals surface area (Å²) < 4.78 is 0. The number of fused-ring (bicyclic) bond motifs is 2. The Kier molecular flexibility index (Phi) is 4.76. The zero-order chi connectivity index (χ0) is 18.8. The van der Waals surface area contributed by atoms with Gasteiger partial charge >= 0.3 is 0 Å². The van der Waals surface area contributed by atoms with Gasteiger partial charge in [0.25, 0.3) is 0 Å². The molecule has 1 aliphatic heterocycles. The Morgan fingerprint density at radius 2 is 2.15 bits per heavy atom. The molecule has 2 heterocycles. The zero-order valence-corrected chi connectivity index (χ0v) is 15.3. The van der Waals surface area contributed by atoms with Crippen LogP contribution in [0.3, 0.4) is 0 Å². The van der Waals surface area contributed by atoms with Gasteiger partial charge in [0, 0.05) is 35.1 Å². The molecule has 1 amide bonds. The van der Waals surface area contributed by atoms with Crippen LogP contribution in [0.25, 0.3) is 10.8 Å². The predicted molar refractivity (Wildman–Crippen MR) is 105 cm³/mol. The van der Waals surface area contributed by atoms with Crippen LogP contribution in [0.15, 0.2) is 54.9 Å². The summed E-state index contributed by atoms with van der Waals surface area (Å²) in [6, 6.07) is 15.6. The molecule has 134 valence electrons. The second-order valence-corrected chi connectivity index (χ2v) is 7.06. The van der Waals surface area contributed by atoms with Crippen LogP contribution >= 0.6 is 11.6 Å². The first kappa shape index (κ1) is 17.5. The number of halogens is 1. The fourth-order valence-corrected chi connectivity index (χ4v) is 3.76. The largest absolute Gasteiger partial charge is 0.324 e. The van der Waals surface area contributed by atoms with Crippen LogP contribution in [0.5, 0.6) is 0 Å². The highest BCUT2D eigenvalue weighted by Crippen LogP contribution is 2.32. The Labute approximate surface area is 162 Å². The fraction of sp³-hybridized carbons (Fsp3) is 0.190. The van der Waals surface area contributed by atoms with Gasteiger partial charge in [0.1, 0.15) is 0 Å². The molecular formula is C21H17ClN4O. The van der Waals surface area contributed by atoms with E-state index in [0.717, 1.165) is 21.9 Å². The highest BCUT2D eigenvalue weighted by Gasteiger charge is 2.31. The maximum absolute atomic E-state index is 13.1. The molecule has 2 aromatic carbocycles. The molecule has 1 unspecified atom stereocenters. The molecule has 1 atom stereocenters. The van der Waals surface area contributed by atoms with Gasteiger partial charge in [-0.15, -0.1) is 0 Å². The minimum absolute atomic E-state index is 0.126. The van der Waals surface area contributed by atoms with Gasteiger partial charge in [-0.3, -0.25) is 14.7 Å². The fourth-order valence-electron chi connectivity index (χ4n) is 3.58. The number of pyridine rings is 1. The lowest BCUT2D eigenvalue weighted by atomic mass is 9.89. The Morgan fingerprint density at radius 1 is 1.30 bits per heavy atom. The minimum Gasteiger partial charge on any atom is -0.324 e. The standard InChI is InChI=1S/C21H17ClN4O/c22-16-6-5-15-12-26(8-7-23)13-19(18(15)9-16)21(27)25-20-11-24-10-14-3-1-2-4-17(14)20/h1-6,9-11,19H,8,12-13H2,(H,25,27). The van der Waals surface area contributed by atoms with E-state index in [2.05, 4.69) is 16.4 Å². The summed E-state index contributed by atoms with van der Waals surface area (Å²) >= 11 is 6.17. The van der Waals surface area contributed by atoms with Crippen molar-refractivity contribution >= 4 is 34.0 Å². The molecule has 0 saturated heterocycles. The first-order valence-electron chi connectivity index (χ1n) is 8.67. The summed E-state index contributed by atoms with van der Waals surface area (Å²) in [6.07, 6.45) is 3.43. The van der Waals surface area contributed by atoms with Crippen molar-refractivity contribution < 1.29 is 4.79 Å². The van der Waals surface area contributed by atoms with E-state index in [4.69, 9.17) is 16.9 Å². The Morgan fingerprint density at radius 3 is 3.00 bits per heavy atom. The summed E-state index contributed by atoms with van der Waals surface area (Å²) in [5.74, 6) is -0.529. The average Bonchev–Trinajstić information content (AvgIpc) is 2.68. The minimum atomic E-state index is -0.403. The van der Waals surface area contributed by atoms with E-state index < -0.39 is 5.92 Å². The third-order valence-corrected chi connectivity index (χ3v) is 5.09. The molecule has 1 aliphatic rings. The molecule has 3 aromatic rings. The molecule has 5 nitrogen and oxygen atoms in total. The maximum atomic E-state index is 13.1. The Balaban J connectivity index is 1.68. The first-order valence-corrected chi connectivity index (χ1v) is 9.05. The summed E-state index contributed by atoms with van der Waals surface area (Å²) in [5.41, 5.74) is 2.62. The number of amides is 1. The van der Waals surface area contributed by atoms with E-state index in [0.29, 0.717) is 23.8 Å². The van der Waals surface area contributed by atoms with E-state index in [1.165, 1.54) is 0 Å². The van der Waals surface area contributed by atoms with E-state index in [9.17, 15) is 4.79 Å². The normalized spacial score (nSPS) is 16.5. The SMILES string of the molecule is N#CCN1Cc2ccc(Cl)cc2C(C(=O)Nc2cncc3ccccc23)C1. The number of nitriles is 1. The molecular weight excluding hydrogens is 360 g/mol. The number of rotatable bonds is 3. The number of hydrogen-bond acceptors (Lipinski definition) is 4. The van der Waals surface area contributed by atoms with Crippen LogP contribution in [-0.2, 0) is 11.3 Å². The molecule has 0 bridgehead atoms. The van der Waals surface area contributed by atoms with Crippen LogP contribution in [0.1, 0.15) is 17.0 Å². The van der Waals surface area contributed by atoms with Gasteiger partial charge in [-0.2, -0.15) is 5.26 Å². The van der Waals surface area contributed by atoms with Crippen LogP contribution in [-0.4, -0.2) is 28.9 Å². The second-order valence-electron chi connectivity index (χ2n) is 6.62. The summed E-state index contributed by atoms with van der Waals surface area (Å²) in [7, 11) is 0. The molecule has 0 saturated carbocycles. The van der Waals surface area contributed by atoms with Crippen LogP contribution in [0.2, 0.25) is 5.02 Å². The van der Waals surface area contributed by atoms with Gasteiger partial charge in [-0.05, 0) is 23.3 Å². The van der Waals surface area contributed by atoms with Crippen molar-refractivity contribution in [3.63, 3.8) is 0 Å². The quantitative estimate of drug-likeness (QED) is 0.703. The highest BCUT2D eigenvalue weighted by atomic mass is 35.5. The van der Waals surface area contributed by atoms with Gasteiger partial charge in [0.05, 0.1) is 30.4 Å². The second kappa shape index (κ2) is 7.36. The lowest BCUT2D eigenvalue weighted by Crippen LogP contribution is -2.39. The molecule has 0 radical (unpaired) electrons. The smallest absolute Gasteiger partial charge is 0.233 e. The number of anilines is 1. The number of benzene rings is 2. The summed E-state index contributed by atoms with van der Waals surface area (Å²) in [6.45, 7) is 1.40. The number of nitrogens with zero attached hydrogens (tertiary/aromatic N) is 3. The van der Waals surface area contributed by atoms with E-state index in [1.807, 2.05) is 47.4 Å². The lowest BCUT2D eigenvalue weighted by Gasteiger charge is -2.32. The number of hydrogen-bond donors (Lipinski definition) is 1. The zero-order valence-electron chi connectivity index (χ0n) is 14.5. The highest BCUT2D eigenvalue weighted by molar-refractivity contribution is 6.30. The van der Waals surface area contributed by atoms with Crippen molar-refractivity contribution in [2.75, 3.05) is 18.4 Å². The van der Waals surface area contributed by atoms with Crippen molar-refractivity contribution in [1.82, 2.24) is 9.88 Å². The van der Waals surface area contributed by atoms with Crippen molar-refractivity contribution in [2.24, 2.45) is 0 Å². The molecule has 4 rings (SSSR count). The number of aromatic nitrogens is 1. The molecule has 0 aliphatic carbocycles. The molecule has 6 heteroatoms. The van der Waals surface area contributed by atoms with Crippen LogP contribution in [0, 0.1) is 11.3 Å². The van der Waals surface area contributed by atoms with Crippen molar-refractivity contribution in [1.29, 1.82) is 5.26 Å². The van der Waals surface area contributed by atoms with E-state index in [1.54, 1.807) is 12.4 Å². The predicted octanol–water partition coefficient (Wildman–Crippen LogP) is 3.95. The molecule has 27 heavy (non-hydrogen) atoms. The monoisotopic (exact) mass is 376 g/mol. The van der Waals surface area contributed by atoms with E-state index in [-0.39, 0.29) is 12.5 Å². The van der Waals surface area contributed by atoms with Crippen LogP contribution < -0.4 is 5.32 Å². The lowest BCUT2D eigenvalue weighted by molar-refractivity contribution is -0.118. The van der Waals surface area contributed by atoms with Crippen LogP contribution in [0.4, 0.5) is 5.69 Å². The maximum Gasteiger partial charge on any atom is 0.233 e. The number of carbonyl (C=O) groups is 1. The van der Waals surface area contributed by atoms with Crippen molar-refractivity contribution in [3.8, 4) is 6.07 Å². The van der Waals surface area contributed by atoms with Gasteiger partial charge in [-0.1, -0.05) is 41.9 Å². The first-order chi connectivity index (χ1) is 13.2. The third kappa shape index (κ3) is 3.50. The van der Waals surface area contributed by atoms with Gasteiger partial charge < -0.3 is 5.32 Å². The summed E-state index contributed by atoms with van der Waals surface area (Å²) in [4.78, 5) is 19.3. The molecule has 0 fully saturated rings. The van der Waals surface area contributed by atoms with E-state index >= 15 is 0 Å². The van der Waals surface area contributed by atoms with Crippen molar-refractivity contribution in [2.45, 2.75) is 12.5 Å². The average molecular weight is 377 g/mol. The molecule has 1 aromatic heterocycles. The Hall–Kier alpha value is -2.94. The topological polar surface area (TPSA) is 69.0 Å². The van der Waals surface area contributed by atoms with Crippen molar-refractivity contribution in [3.05, 3.63) is 71.0 Å². The Bertz CT molecular complexity index is 1050. The van der Waals surface area contributed by atoms with Gasteiger partial charge in [0.2, 0.25) is 5.91 Å².